The first-order valence-electron chi connectivity index (χ1n) is 12.8. The van der Waals surface area contributed by atoms with Crippen molar-refractivity contribution in [3.05, 3.63) is 59.7 Å². The van der Waals surface area contributed by atoms with E-state index in [4.69, 9.17) is 0 Å². The molecule has 1 heteroatoms. The van der Waals surface area contributed by atoms with Gasteiger partial charge in [-0.15, -0.1) is 0 Å². The molecule has 3 saturated carbocycles. The predicted octanol–water partition coefficient (Wildman–Crippen LogP) is 7.22. The van der Waals surface area contributed by atoms with E-state index in [9.17, 15) is 5.11 Å². The normalized spacial score (nSPS) is 41.5. The molecule has 168 valence electrons. The van der Waals surface area contributed by atoms with Crippen molar-refractivity contribution in [1.29, 1.82) is 0 Å². The van der Waals surface area contributed by atoms with E-state index < -0.39 is 0 Å². The molecule has 7 unspecified atom stereocenters. The fourth-order valence-corrected chi connectivity index (χ4v) is 8.82. The molecule has 1 spiro atoms. The van der Waals surface area contributed by atoms with E-state index in [0.717, 1.165) is 24.2 Å². The van der Waals surface area contributed by atoms with Crippen molar-refractivity contribution in [3.63, 3.8) is 0 Å². The molecule has 1 N–H and O–H groups in total. The predicted molar refractivity (Wildman–Crippen MR) is 130 cm³/mol. The molecule has 0 aromatic heterocycles. The molecule has 0 heterocycles. The summed E-state index contributed by atoms with van der Waals surface area (Å²) in [4.78, 5) is 0. The van der Waals surface area contributed by atoms with Gasteiger partial charge in [-0.05, 0) is 96.3 Å². The first kappa shape index (κ1) is 21.5. The SMILES string of the molecule is C=C1C=C2C3(CCC(CC(CO)Cc4ccccc4)C3)CCC(C)C2(C)C2C1C2(C)C. The summed E-state index contributed by atoms with van der Waals surface area (Å²) in [5.41, 5.74) is 5.71. The molecular weight excluding hydrogens is 376 g/mol. The Kier molecular flexibility index (Phi) is 5.09. The largest absolute Gasteiger partial charge is 0.396 e. The number of allylic oxidation sites excluding steroid dienone is 3. The van der Waals surface area contributed by atoms with Crippen molar-refractivity contribution in [2.24, 2.45) is 45.8 Å². The molecule has 0 saturated heterocycles. The van der Waals surface area contributed by atoms with Crippen LogP contribution < -0.4 is 0 Å². The van der Waals surface area contributed by atoms with Crippen LogP contribution in [0.4, 0.5) is 0 Å². The van der Waals surface area contributed by atoms with Crippen molar-refractivity contribution in [2.45, 2.75) is 72.6 Å². The Morgan fingerprint density at radius 3 is 2.52 bits per heavy atom. The average molecular weight is 419 g/mol. The van der Waals surface area contributed by atoms with Crippen LogP contribution in [-0.4, -0.2) is 11.7 Å². The molecule has 4 aliphatic rings. The second kappa shape index (κ2) is 7.34. The van der Waals surface area contributed by atoms with E-state index in [2.05, 4.69) is 70.7 Å². The topological polar surface area (TPSA) is 20.2 Å². The number of fused-ring (bicyclic) bond motifs is 4. The third kappa shape index (κ3) is 3.21. The van der Waals surface area contributed by atoms with Crippen LogP contribution in [0.3, 0.4) is 0 Å². The van der Waals surface area contributed by atoms with Gasteiger partial charge in [0.15, 0.2) is 0 Å². The Morgan fingerprint density at radius 2 is 1.81 bits per heavy atom. The third-order valence-electron chi connectivity index (χ3n) is 10.4. The van der Waals surface area contributed by atoms with E-state index in [0.29, 0.717) is 34.7 Å². The van der Waals surface area contributed by atoms with E-state index >= 15 is 0 Å². The van der Waals surface area contributed by atoms with E-state index in [1.54, 1.807) is 5.57 Å². The molecule has 0 amide bonds. The zero-order valence-electron chi connectivity index (χ0n) is 20.2. The lowest BCUT2D eigenvalue weighted by molar-refractivity contribution is 0.0696. The summed E-state index contributed by atoms with van der Waals surface area (Å²) in [5.74, 6) is 3.38. The lowest BCUT2D eigenvalue weighted by Gasteiger charge is -2.54. The van der Waals surface area contributed by atoms with Crippen LogP contribution in [0.25, 0.3) is 0 Å². The Labute approximate surface area is 190 Å². The van der Waals surface area contributed by atoms with Gasteiger partial charge in [0.25, 0.3) is 0 Å². The minimum atomic E-state index is 0.310. The number of aliphatic hydroxyl groups is 1. The van der Waals surface area contributed by atoms with Gasteiger partial charge in [0.2, 0.25) is 0 Å². The maximum atomic E-state index is 10.1. The molecule has 31 heavy (non-hydrogen) atoms. The zero-order valence-corrected chi connectivity index (χ0v) is 20.2. The number of hydrogen-bond acceptors (Lipinski definition) is 1. The lowest BCUT2D eigenvalue weighted by atomic mass is 9.50. The van der Waals surface area contributed by atoms with Gasteiger partial charge < -0.3 is 5.11 Å². The summed E-state index contributed by atoms with van der Waals surface area (Å²) in [7, 11) is 0. The fourth-order valence-electron chi connectivity index (χ4n) is 8.82. The van der Waals surface area contributed by atoms with E-state index in [1.165, 1.54) is 49.7 Å². The van der Waals surface area contributed by atoms with Crippen LogP contribution in [0, 0.1) is 45.8 Å². The number of rotatable bonds is 5. The standard InChI is InChI=1S/C30H42O/c1-20-15-25-29(5,27-26(20)28(27,3)4)21(2)11-13-30(25)14-12-23(18-30)17-24(19-31)16-22-9-7-6-8-10-22/h6-10,15,21,23-24,26-27,31H,1,11-14,16-19H2,2-5H3. The van der Waals surface area contributed by atoms with Crippen molar-refractivity contribution in [3.8, 4) is 0 Å². The van der Waals surface area contributed by atoms with Crippen LogP contribution in [0.1, 0.15) is 71.8 Å². The molecular formula is C30H42O. The number of hydrogen-bond donors (Lipinski definition) is 1. The summed E-state index contributed by atoms with van der Waals surface area (Å²) in [6, 6.07) is 10.7. The summed E-state index contributed by atoms with van der Waals surface area (Å²) in [6.45, 7) is 15.0. The quantitative estimate of drug-likeness (QED) is 0.535. The summed E-state index contributed by atoms with van der Waals surface area (Å²) >= 11 is 0. The highest BCUT2D eigenvalue weighted by atomic mass is 16.3. The van der Waals surface area contributed by atoms with Gasteiger partial charge in [0.1, 0.15) is 0 Å². The van der Waals surface area contributed by atoms with Gasteiger partial charge in [-0.1, -0.05) is 81.8 Å². The van der Waals surface area contributed by atoms with Gasteiger partial charge in [0.05, 0.1) is 0 Å². The van der Waals surface area contributed by atoms with Gasteiger partial charge in [-0.2, -0.15) is 0 Å². The highest BCUT2D eigenvalue weighted by Crippen LogP contribution is 2.78. The summed E-state index contributed by atoms with van der Waals surface area (Å²) in [5, 5.41) is 10.1. The smallest absolute Gasteiger partial charge is 0.0462 e. The van der Waals surface area contributed by atoms with Crippen molar-refractivity contribution in [2.75, 3.05) is 6.61 Å². The molecule has 1 aromatic carbocycles. The third-order valence-corrected chi connectivity index (χ3v) is 10.4. The maximum absolute atomic E-state index is 10.1. The second-order valence-electron chi connectivity index (χ2n) is 12.5. The number of aliphatic hydroxyl groups excluding tert-OH is 1. The molecule has 0 radical (unpaired) electrons. The minimum Gasteiger partial charge on any atom is -0.396 e. The van der Waals surface area contributed by atoms with E-state index in [1.807, 2.05) is 0 Å². The van der Waals surface area contributed by atoms with Crippen LogP contribution in [0.5, 0.6) is 0 Å². The second-order valence-corrected chi connectivity index (χ2v) is 12.5. The monoisotopic (exact) mass is 418 g/mol. The molecule has 5 rings (SSSR count). The fraction of sp³-hybridized carbons (Fsp3) is 0.667. The highest BCUT2D eigenvalue weighted by Gasteiger charge is 2.71. The van der Waals surface area contributed by atoms with Crippen LogP contribution >= 0.6 is 0 Å². The Morgan fingerprint density at radius 1 is 1.10 bits per heavy atom. The van der Waals surface area contributed by atoms with Crippen LogP contribution in [-0.2, 0) is 6.42 Å². The first-order chi connectivity index (χ1) is 14.7. The van der Waals surface area contributed by atoms with Crippen LogP contribution in [0.15, 0.2) is 54.1 Å². The molecule has 7 atom stereocenters. The highest BCUT2D eigenvalue weighted by molar-refractivity contribution is 5.47. The van der Waals surface area contributed by atoms with Crippen molar-refractivity contribution >= 4 is 0 Å². The molecule has 1 nitrogen and oxygen atoms in total. The van der Waals surface area contributed by atoms with Crippen LogP contribution in [0.2, 0.25) is 0 Å². The van der Waals surface area contributed by atoms with Crippen molar-refractivity contribution in [1.82, 2.24) is 0 Å². The average Bonchev–Trinajstić information content (AvgIpc) is 3.14. The Bertz CT molecular complexity index is 879. The van der Waals surface area contributed by atoms with E-state index in [-0.39, 0.29) is 0 Å². The molecule has 4 aliphatic carbocycles. The molecule has 3 fully saturated rings. The lowest BCUT2D eigenvalue weighted by Crippen LogP contribution is -2.45. The maximum Gasteiger partial charge on any atom is 0.0462 e. The first-order valence-corrected chi connectivity index (χ1v) is 12.8. The van der Waals surface area contributed by atoms with Gasteiger partial charge in [-0.3, -0.25) is 0 Å². The zero-order chi connectivity index (χ0) is 22.0. The van der Waals surface area contributed by atoms with Crippen molar-refractivity contribution < 1.29 is 5.11 Å². The van der Waals surface area contributed by atoms with Gasteiger partial charge in [-0.25, -0.2) is 0 Å². The Balaban J connectivity index is 1.36. The van der Waals surface area contributed by atoms with Gasteiger partial charge >= 0.3 is 0 Å². The van der Waals surface area contributed by atoms with Gasteiger partial charge in [0, 0.05) is 6.61 Å². The summed E-state index contributed by atoms with van der Waals surface area (Å²) in [6.07, 6.45) is 11.5. The molecule has 0 aliphatic heterocycles. The summed E-state index contributed by atoms with van der Waals surface area (Å²) < 4.78 is 0. The minimum absolute atomic E-state index is 0.310. The Hall–Kier alpha value is -1.34. The molecule has 0 bridgehead atoms. The number of benzene rings is 1. The molecule has 1 aromatic rings.